The van der Waals surface area contributed by atoms with Crippen LogP contribution in [0.5, 0.6) is 0 Å². The summed E-state index contributed by atoms with van der Waals surface area (Å²) in [6.07, 6.45) is 3.19. The zero-order valence-electron chi connectivity index (χ0n) is 18.3. The molecule has 0 fully saturated rings. The van der Waals surface area contributed by atoms with Gasteiger partial charge < -0.3 is 15.5 Å². The van der Waals surface area contributed by atoms with Crippen LogP contribution in [0.3, 0.4) is 0 Å². The van der Waals surface area contributed by atoms with Gasteiger partial charge in [0.1, 0.15) is 16.7 Å². The third kappa shape index (κ3) is 3.78. The second-order valence-corrected chi connectivity index (χ2v) is 8.33. The fourth-order valence-electron chi connectivity index (χ4n) is 3.92. The molecule has 0 aliphatic heterocycles. The van der Waals surface area contributed by atoms with Gasteiger partial charge in [0.05, 0.1) is 19.4 Å². The number of rotatable bonds is 5. The standard InChI is InChI=1S/C25H20ClN5O3/c1-15-6-4-10-30-22(15)29-23-19(25(30)33)12-18(24(32)28-13-17-8-5-11-34-17)21(27)31(23)14-16-7-2-3-9-20(16)26/h2-12,27H,13-14H2,1H3,(H,28,32)/p+1. The smallest absolute Gasteiger partial charge is 0.278 e. The van der Waals surface area contributed by atoms with Crippen molar-refractivity contribution in [2.24, 2.45) is 0 Å². The Balaban J connectivity index is 1.73. The molecule has 0 aliphatic carbocycles. The van der Waals surface area contributed by atoms with Crippen LogP contribution in [0, 0.1) is 6.92 Å². The van der Waals surface area contributed by atoms with E-state index in [4.69, 9.17) is 26.7 Å². The summed E-state index contributed by atoms with van der Waals surface area (Å²) < 4.78 is 8.41. The second kappa shape index (κ2) is 8.64. The van der Waals surface area contributed by atoms with E-state index in [1.165, 1.54) is 16.7 Å². The van der Waals surface area contributed by atoms with Gasteiger partial charge in [-0.2, -0.15) is 0 Å². The van der Waals surface area contributed by atoms with Crippen LogP contribution in [0.2, 0.25) is 5.02 Å². The summed E-state index contributed by atoms with van der Waals surface area (Å²) in [6.45, 7) is 2.30. The number of amides is 1. The van der Waals surface area contributed by atoms with Crippen molar-refractivity contribution in [1.82, 2.24) is 14.7 Å². The van der Waals surface area contributed by atoms with Gasteiger partial charge in [0.25, 0.3) is 17.1 Å². The number of benzene rings is 1. The summed E-state index contributed by atoms with van der Waals surface area (Å²) in [5.41, 5.74) is 8.89. The molecule has 170 valence electrons. The highest BCUT2D eigenvalue weighted by Gasteiger charge is 2.25. The summed E-state index contributed by atoms with van der Waals surface area (Å²) in [6, 6.07) is 16.0. The van der Waals surface area contributed by atoms with Crippen LogP contribution < -0.4 is 21.2 Å². The Bertz CT molecular complexity index is 1610. The van der Waals surface area contributed by atoms with Crippen molar-refractivity contribution in [1.29, 1.82) is 0 Å². The molecular weight excluding hydrogens is 454 g/mol. The molecule has 0 saturated heterocycles. The molecule has 0 atom stereocenters. The first kappa shape index (κ1) is 21.7. The Labute approximate surface area is 199 Å². The van der Waals surface area contributed by atoms with Crippen molar-refractivity contribution in [2.75, 3.05) is 5.73 Å². The number of fused-ring (bicyclic) bond motifs is 2. The van der Waals surface area contributed by atoms with Crippen molar-refractivity contribution in [2.45, 2.75) is 20.0 Å². The molecule has 1 aromatic carbocycles. The molecule has 34 heavy (non-hydrogen) atoms. The van der Waals surface area contributed by atoms with Crippen molar-refractivity contribution in [3.63, 3.8) is 0 Å². The Kier molecular flexibility index (Phi) is 5.51. The third-order valence-corrected chi connectivity index (χ3v) is 6.08. The maximum Gasteiger partial charge on any atom is 0.278 e. The van der Waals surface area contributed by atoms with E-state index in [1.54, 1.807) is 35.0 Å². The predicted molar refractivity (Wildman–Crippen MR) is 129 cm³/mol. The lowest BCUT2D eigenvalue weighted by Crippen LogP contribution is -2.43. The summed E-state index contributed by atoms with van der Waals surface area (Å²) in [4.78, 5) is 31.3. The van der Waals surface area contributed by atoms with E-state index in [9.17, 15) is 9.59 Å². The molecule has 8 nitrogen and oxygen atoms in total. The number of carbonyl (C=O) groups excluding carboxylic acids is 1. The molecule has 1 amide bonds. The Morgan fingerprint density at radius 3 is 2.79 bits per heavy atom. The number of nitrogens with one attached hydrogen (secondary N) is 1. The van der Waals surface area contributed by atoms with Gasteiger partial charge in [-0.25, -0.2) is 4.57 Å². The van der Waals surface area contributed by atoms with Gasteiger partial charge in [0.2, 0.25) is 11.5 Å². The molecule has 0 bridgehead atoms. The number of nitrogens with two attached hydrogens (primary N) is 1. The number of pyridine rings is 2. The van der Waals surface area contributed by atoms with Gasteiger partial charge in [-0.05, 0) is 37.3 Å². The number of aryl methyl sites for hydroxylation is 1. The van der Waals surface area contributed by atoms with Crippen LogP contribution in [0.15, 0.2) is 76.3 Å². The maximum absolute atomic E-state index is 13.4. The number of nitrogen functional groups attached to an aromatic ring is 1. The lowest BCUT2D eigenvalue weighted by molar-refractivity contribution is -0.649. The first-order chi connectivity index (χ1) is 16.4. The summed E-state index contributed by atoms with van der Waals surface area (Å²) in [5.74, 6) is 0.339. The quantitative estimate of drug-likeness (QED) is 0.300. The number of carbonyl (C=O) groups is 1. The number of hydrogen-bond acceptors (Lipinski definition) is 5. The van der Waals surface area contributed by atoms with Crippen molar-refractivity contribution in [3.8, 4) is 0 Å². The number of furan rings is 1. The maximum atomic E-state index is 13.4. The number of aromatic nitrogens is 3. The molecule has 0 radical (unpaired) electrons. The highest BCUT2D eigenvalue weighted by Crippen LogP contribution is 2.19. The summed E-state index contributed by atoms with van der Waals surface area (Å²) >= 11 is 6.41. The number of nitrogens with zero attached hydrogens (tertiary/aromatic N) is 3. The van der Waals surface area contributed by atoms with Gasteiger partial charge in [-0.3, -0.25) is 14.0 Å². The van der Waals surface area contributed by atoms with E-state index in [1.807, 2.05) is 31.2 Å². The Morgan fingerprint density at radius 2 is 2.03 bits per heavy atom. The molecule has 0 unspecified atom stereocenters. The predicted octanol–water partition coefficient (Wildman–Crippen LogP) is 3.25. The topological polar surface area (TPSA) is 107 Å². The molecule has 5 aromatic rings. The fourth-order valence-corrected chi connectivity index (χ4v) is 4.12. The average Bonchev–Trinajstić information content (AvgIpc) is 3.35. The summed E-state index contributed by atoms with van der Waals surface area (Å²) in [5, 5.41) is 3.61. The number of anilines is 1. The van der Waals surface area contributed by atoms with Gasteiger partial charge in [-0.15, -0.1) is 0 Å². The van der Waals surface area contributed by atoms with Crippen LogP contribution >= 0.6 is 11.6 Å². The van der Waals surface area contributed by atoms with E-state index < -0.39 is 5.91 Å². The first-order valence-corrected chi connectivity index (χ1v) is 11.0. The lowest BCUT2D eigenvalue weighted by atomic mass is 10.1. The normalized spacial score (nSPS) is 11.2. The van der Waals surface area contributed by atoms with Gasteiger partial charge >= 0.3 is 0 Å². The second-order valence-electron chi connectivity index (χ2n) is 7.92. The zero-order chi connectivity index (χ0) is 23.8. The van der Waals surface area contributed by atoms with Crippen LogP contribution in [0.4, 0.5) is 5.82 Å². The zero-order valence-corrected chi connectivity index (χ0v) is 19.0. The van der Waals surface area contributed by atoms with E-state index in [-0.39, 0.29) is 35.4 Å². The van der Waals surface area contributed by atoms with E-state index in [0.29, 0.717) is 22.1 Å². The first-order valence-electron chi connectivity index (χ1n) is 10.6. The minimum absolute atomic E-state index is 0.164. The monoisotopic (exact) mass is 474 g/mol. The molecule has 0 spiro atoms. The van der Waals surface area contributed by atoms with Crippen LogP contribution in [0.1, 0.15) is 27.2 Å². The highest BCUT2D eigenvalue weighted by atomic mass is 35.5. The Hall–Kier alpha value is -4.17. The fraction of sp³-hybridized carbons (Fsp3) is 0.120. The van der Waals surface area contributed by atoms with E-state index in [2.05, 4.69) is 5.32 Å². The van der Waals surface area contributed by atoms with Gasteiger partial charge in [-0.1, -0.05) is 40.9 Å². The minimum atomic E-state index is -0.433. The van der Waals surface area contributed by atoms with Gasteiger partial charge in [0.15, 0.2) is 0 Å². The van der Waals surface area contributed by atoms with Crippen LogP contribution in [-0.2, 0) is 13.1 Å². The van der Waals surface area contributed by atoms with Crippen molar-refractivity contribution < 1.29 is 13.8 Å². The molecule has 9 heteroatoms. The van der Waals surface area contributed by atoms with Crippen LogP contribution in [-0.4, -0.2) is 15.3 Å². The van der Waals surface area contributed by atoms with Gasteiger partial charge in [0, 0.05) is 22.3 Å². The molecule has 5 rings (SSSR count). The van der Waals surface area contributed by atoms with Crippen molar-refractivity contribution >= 4 is 40.0 Å². The minimum Gasteiger partial charge on any atom is -0.467 e. The molecule has 3 N–H and O–H groups in total. The summed E-state index contributed by atoms with van der Waals surface area (Å²) in [7, 11) is 0. The number of halogens is 1. The Morgan fingerprint density at radius 1 is 1.21 bits per heavy atom. The van der Waals surface area contributed by atoms with E-state index >= 15 is 0 Å². The van der Waals surface area contributed by atoms with E-state index in [0.717, 1.165) is 11.1 Å². The SMILES string of the molecule is Cc1cccn2c(=O)c3cc(C(=O)NCc4ccco4)c(N)[n+](Cc4ccccc4Cl)c3nc12. The molecule has 4 heterocycles. The molecular formula is C25H21ClN5O3+. The number of hydrogen-bond donors (Lipinski definition) is 2. The third-order valence-electron chi connectivity index (χ3n) is 5.71. The van der Waals surface area contributed by atoms with Crippen LogP contribution in [0.25, 0.3) is 16.7 Å². The molecule has 4 aromatic heterocycles. The molecule has 0 saturated carbocycles. The average molecular weight is 475 g/mol. The van der Waals surface area contributed by atoms with Crippen molar-refractivity contribution in [3.05, 3.63) is 105 Å². The lowest BCUT2D eigenvalue weighted by Gasteiger charge is -2.13. The molecule has 0 aliphatic rings. The highest BCUT2D eigenvalue weighted by molar-refractivity contribution is 6.31. The largest absolute Gasteiger partial charge is 0.467 e.